The van der Waals surface area contributed by atoms with E-state index in [9.17, 15) is 0 Å². The summed E-state index contributed by atoms with van der Waals surface area (Å²) in [5, 5.41) is 3.55. The van der Waals surface area contributed by atoms with Crippen molar-refractivity contribution in [3.05, 3.63) is 63.6 Å². The molecular formula is C18H20BrNO. The third-order valence-electron chi connectivity index (χ3n) is 3.71. The molecule has 1 aliphatic rings. The molecule has 2 nitrogen and oxygen atoms in total. The topological polar surface area (TPSA) is 21.3 Å². The average molecular weight is 346 g/mol. The van der Waals surface area contributed by atoms with E-state index in [-0.39, 0.29) is 0 Å². The van der Waals surface area contributed by atoms with Gasteiger partial charge >= 0.3 is 0 Å². The van der Waals surface area contributed by atoms with Crippen LogP contribution < -0.4 is 10.1 Å². The Morgan fingerprint density at radius 3 is 2.62 bits per heavy atom. The number of para-hydroxylation sites is 1. The van der Waals surface area contributed by atoms with Crippen LogP contribution in [0.15, 0.2) is 46.9 Å². The highest BCUT2D eigenvalue weighted by Crippen LogP contribution is 2.30. The van der Waals surface area contributed by atoms with Crippen molar-refractivity contribution in [3.8, 4) is 5.75 Å². The zero-order valence-electron chi connectivity index (χ0n) is 12.2. The van der Waals surface area contributed by atoms with Crippen molar-refractivity contribution in [2.75, 3.05) is 0 Å². The van der Waals surface area contributed by atoms with E-state index in [1.165, 1.54) is 29.5 Å². The Labute approximate surface area is 134 Å². The van der Waals surface area contributed by atoms with Crippen LogP contribution in [0.4, 0.5) is 0 Å². The minimum atomic E-state index is 0.597. The highest BCUT2D eigenvalue weighted by Gasteiger charge is 2.21. The van der Waals surface area contributed by atoms with Crippen molar-refractivity contribution in [3.63, 3.8) is 0 Å². The fourth-order valence-corrected chi connectivity index (χ4v) is 2.76. The van der Waals surface area contributed by atoms with Gasteiger partial charge < -0.3 is 10.1 Å². The maximum absolute atomic E-state index is 6.06. The van der Waals surface area contributed by atoms with E-state index in [1.54, 1.807) is 0 Å². The van der Waals surface area contributed by atoms with Crippen LogP contribution in [0.3, 0.4) is 0 Å². The molecule has 3 rings (SSSR count). The van der Waals surface area contributed by atoms with Gasteiger partial charge in [0.2, 0.25) is 0 Å². The zero-order chi connectivity index (χ0) is 14.7. The minimum Gasteiger partial charge on any atom is -0.487 e. The number of hydrogen-bond acceptors (Lipinski definition) is 2. The van der Waals surface area contributed by atoms with E-state index in [4.69, 9.17) is 4.74 Å². The average Bonchev–Trinajstić information content (AvgIpc) is 3.30. The molecule has 1 saturated carbocycles. The molecule has 1 aliphatic carbocycles. The van der Waals surface area contributed by atoms with Gasteiger partial charge in [-0.15, -0.1) is 0 Å². The Kier molecular flexibility index (Phi) is 4.61. The number of benzene rings is 2. The van der Waals surface area contributed by atoms with Crippen LogP contribution in [0.2, 0.25) is 0 Å². The van der Waals surface area contributed by atoms with Crippen molar-refractivity contribution in [1.82, 2.24) is 5.32 Å². The Bertz CT molecular complexity index is 605. The van der Waals surface area contributed by atoms with Crippen molar-refractivity contribution < 1.29 is 4.74 Å². The molecule has 21 heavy (non-hydrogen) atoms. The molecule has 2 aromatic carbocycles. The second-order valence-corrected chi connectivity index (χ2v) is 6.51. The van der Waals surface area contributed by atoms with Gasteiger partial charge in [0.25, 0.3) is 0 Å². The summed E-state index contributed by atoms with van der Waals surface area (Å²) < 4.78 is 7.08. The SMILES string of the molecule is Cc1ccc(COc2c(Br)cccc2CNC2CC2)cc1. The van der Waals surface area contributed by atoms with E-state index in [1.807, 2.05) is 6.07 Å². The molecular weight excluding hydrogens is 326 g/mol. The maximum atomic E-state index is 6.06. The molecule has 0 atom stereocenters. The van der Waals surface area contributed by atoms with E-state index < -0.39 is 0 Å². The summed E-state index contributed by atoms with van der Waals surface area (Å²) >= 11 is 3.60. The third-order valence-corrected chi connectivity index (χ3v) is 4.34. The van der Waals surface area contributed by atoms with Crippen molar-refractivity contribution in [2.45, 2.75) is 39.0 Å². The lowest BCUT2D eigenvalue weighted by Gasteiger charge is -2.14. The van der Waals surface area contributed by atoms with Gasteiger partial charge in [-0.2, -0.15) is 0 Å². The monoisotopic (exact) mass is 345 g/mol. The van der Waals surface area contributed by atoms with Crippen LogP contribution in [-0.4, -0.2) is 6.04 Å². The van der Waals surface area contributed by atoms with E-state index >= 15 is 0 Å². The van der Waals surface area contributed by atoms with Crippen molar-refractivity contribution in [2.24, 2.45) is 0 Å². The molecule has 110 valence electrons. The third kappa shape index (κ3) is 4.08. The minimum absolute atomic E-state index is 0.597. The standard InChI is InChI=1S/C18H20BrNO/c1-13-5-7-14(8-6-13)12-21-18-15(3-2-4-17(18)19)11-20-16-9-10-16/h2-8,16,20H,9-12H2,1H3. The Balaban J connectivity index is 1.69. The summed E-state index contributed by atoms with van der Waals surface area (Å²) in [7, 11) is 0. The summed E-state index contributed by atoms with van der Waals surface area (Å²) in [6.45, 7) is 3.56. The van der Waals surface area contributed by atoms with E-state index in [2.05, 4.69) is 64.6 Å². The van der Waals surface area contributed by atoms with E-state index in [0.717, 1.165) is 16.8 Å². The molecule has 0 bridgehead atoms. The smallest absolute Gasteiger partial charge is 0.138 e. The summed E-state index contributed by atoms with van der Waals surface area (Å²) in [6.07, 6.45) is 2.60. The fourth-order valence-electron chi connectivity index (χ4n) is 2.24. The van der Waals surface area contributed by atoms with Gasteiger partial charge in [-0.3, -0.25) is 0 Å². The molecule has 0 amide bonds. The maximum Gasteiger partial charge on any atom is 0.138 e. The highest BCUT2D eigenvalue weighted by atomic mass is 79.9. The molecule has 1 fully saturated rings. The van der Waals surface area contributed by atoms with Gasteiger partial charge in [-0.25, -0.2) is 0 Å². The Hall–Kier alpha value is -1.32. The number of hydrogen-bond donors (Lipinski definition) is 1. The largest absolute Gasteiger partial charge is 0.487 e. The quantitative estimate of drug-likeness (QED) is 0.826. The molecule has 0 saturated heterocycles. The molecule has 0 radical (unpaired) electrons. The summed E-state index contributed by atoms with van der Waals surface area (Å²) in [5.41, 5.74) is 3.68. The van der Waals surface area contributed by atoms with Gasteiger partial charge in [0.1, 0.15) is 12.4 Å². The zero-order valence-corrected chi connectivity index (χ0v) is 13.8. The molecule has 0 aliphatic heterocycles. The number of halogens is 1. The Morgan fingerprint density at radius 1 is 1.14 bits per heavy atom. The molecule has 0 heterocycles. The van der Waals surface area contributed by atoms with Gasteiger partial charge in [0, 0.05) is 18.2 Å². The first kappa shape index (κ1) is 14.6. The number of aryl methyl sites for hydroxylation is 1. The van der Waals surface area contributed by atoms with Crippen molar-refractivity contribution in [1.29, 1.82) is 0 Å². The van der Waals surface area contributed by atoms with Crippen LogP contribution in [0.5, 0.6) is 5.75 Å². The summed E-state index contributed by atoms with van der Waals surface area (Å²) in [5.74, 6) is 0.950. The lowest BCUT2D eigenvalue weighted by molar-refractivity contribution is 0.300. The number of ether oxygens (including phenoxy) is 1. The first-order chi connectivity index (χ1) is 10.2. The summed E-state index contributed by atoms with van der Waals surface area (Å²) in [4.78, 5) is 0. The van der Waals surface area contributed by atoms with Gasteiger partial charge in [0.15, 0.2) is 0 Å². The van der Waals surface area contributed by atoms with Crippen molar-refractivity contribution >= 4 is 15.9 Å². The summed E-state index contributed by atoms with van der Waals surface area (Å²) in [6, 6.07) is 15.4. The van der Waals surface area contributed by atoms with Crippen LogP contribution in [0, 0.1) is 6.92 Å². The first-order valence-corrected chi connectivity index (χ1v) is 8.21. The number of rotatable bonds is 6. The molecule has 3 heteroatoms. The van der Waals surface area contributed by atoms with Gasteiger partial charge in [-0.05, 0) is 47.3 Å². The predicted molar refractivity (Wildman–Crippen MR) is 89.5 cm³/mol. The second kappa shape index (κ2) is 6.63. The molecule has 0 aromatic heterocycles. The van der Waals surface area contributed by atoms with Crippen LogP contribution in [0.1, 0.15) is 29.5 Å². The van der Waals surface area contributed by atoms with Crippen LogP contribution >= 0.6 is 15.9 Å². The van der Waals surface area contributed by atoms with Gasteiger partial charge in [-0.1, -0.05) is 42.0 Å². The second-order valence-electron chi connectivity index (χ2n) is 5.66. The first-order valence-electron chi connectivity index (χ1n) is 7.41. The highest BCUT2D eigenvalue weighted by molar-refractivity contribution is 9.10. The lowest BCUT2D eigenvalue weighted by Crippen LogP contribution is -2.16. The normalized spacial score (nSPS) is 14.2. The fraction of sp³-hybridized carbons (Fsp3) is 0.333. The van der Waals surface area contributed by atoms with Crippen LogP contribution in [0.25, 0.3) is 0 Å². The van der Waals surface area contributed by atoms with Crippen LogP contribution in [-0.2, 0) is 13.2 Å². The molecule has 0 unspecified atom stereocenters. The Morgan fingerprint density at radius 2 is 1.90 bits per heavy atom. The lowest BCUT2D eigenvalue weighted by atomic mass is 10.1. The predicted octanol–water partition coefficient (Wildman–Crippen LogP) is 4.59. The molecule has 0 spiro atoms. The molecule has 2 aromatic rings. The number of nitrogens with one attached hydrogen (secondary N) is 1. The van der Waals surface area contributed by atoms with E-state index in [0.29, 0.717) is 12.6 Å². The van der Waals surface area contributed by atoms with Gasteiger partial charge in [0.05, 0.1) is 4.47 Å². The molecule has 1 N–H and O–H groups in total.